The fourth-order valence-corrected chi connectivity index (χ4v) is 3.48. The standard InChI is InChI=1S/C23H24N2O3/c26-21-16-23(28-22-7-3-2-6-20(21)22)19-10-8-18(9-11-19)17-24-27-15-14-25-12-4-1-5-13-25/h2-3,6-11,16-17H,1,4-5,12-15H2/b24-17+. The predicted octanol–water partition coefficient (Wildman–Crippen LogP) is 4.30. The summed E-state index contributed by atoms with van der Waals surface area (Å²) in [5.74, 6) is 0.560. The summed E-state index contributed by atoms with van der Waals surface area (Å²) in [6.07, 6.45) is 5.62. The van der Waals surface area contributed by atoms with E-state index in [1.807, 2.05) is 42.5 Å². The molecule has 0 aliphatic carbocycles. The van der Waals surface area contributed by atoms with Crippen LogP contribution < -0.4 is 5.43 Å². The van der Waals surface area contributed by atoms with E-state index in [1.165, 1.54) is 38.4 Å². The Morgan fingerprint density at radius 1 is 1.04 bits per heavy atom. The molecule has 0 saturated carbocycles. The number of rotatable bonds is 6. The highest BCUT2D eigenvalue weighted by Crippen LogP contribution is 2.22. The highest BCUT2D eigenvalue weighted by molar-refractivity contribution is 5.81. The van der Waals surface area contributed by atoms with E-state index in [1.54, 1.807) is 12.3 Å². The van der Waals surface area contributed by atoms with E-state index >= 15 is 0 Å². The number of oxime groups is 1. The van der Waals surface area contributed by atoms with Crippen molar-refractivity contribution in [1.29, 1.82) is 0 Å². The van der Waals surface area contributed by atoms with E-state index < -0.39 is 0 Å². The molecule has 5 heteroatoms. The third-order valence-corrected chi connectivity index (χ3v) is 5.05. The SMILES string of the molecule is O=c1cc(-c2ccc(/C=N/OCCN3CCCCC3)cc2)oc2ccccc12. The molecule has 0 radical (unpaired) electrons. The molecule has 2 heterocycles. The van der Waals surface area contributed by atoms with Crippen molar-refractivity contribution < 1.29 is 9.25 Å². The van der Waals surface area contributed by atoms with Crippen LogP contribution in [0, 0.1) is 0 Å². The maximum Gasteiger partial charge on any atom is 0.193 e. The van der Waals surface area contributed by atoms with Gasteiger partial charge in [0.2, 0.25) is 0 Å². The molecule has 0 amide bonds. The van der Waals surface area contributed by atoms with Gasteiger partial charge in [-0.1, -0.05) is 48.0 Å². The van der Waals surface area contributed by atoms with Gasteiger partial charge < -0.3 is 9.25 Å². The van der Waals surface area contributed by atoms with E-state index in [4.69, 9.17) is 9.25 Å². The highest BCUT2D eigenvalue weighted by atomic mass is 16.6. The first-order valence-corrected chi connectivity index (χ1v) is 9.81. The number of hydrogen-bond donors (Lipinski definition) is 0. The van der Waals surface area contributed by atoms with Gasteiger partial charge in [0, 0.05) is 18.2 Å². The van der Waals surface area contributed by atoms with Crippen LogP contribution in [0.1, 0.15) is 24.8 Å². The van der Waals surface area contributed by atoms with Crippen molar-refractivity contribution in [3.8, 4) is 11.3 Å². The molecule has 0 unspecified atom stereocenters. The van der Waals surface area contributed by atoms with E-state index in [0.717, 1.165) is 17.7 Å². The van der Waals surface area contributed by atoms with Gasteiger partial charge in [-0.15, -0.1) is 0 Å². The monoisotopic (exact) mass is 376 g/mol. The Morgan fingerprint density at radius 2 is 1.82 bits per heavy atom. The Kier molecular flexibility index (Phi) is 5.83. The van der Waals surface area contributed by atoms with Crippen LogP contribution in [0.25, 0.3) is 22.3 Å². The van der Waals surface area contributed by atoms with Crippen LogP contribution in [0.2, 0.25) is 0 Å². The van der Waals surface area contributed by atoms with Crippen molar-refractivity contribution in [3.63, 3.8) is 0 Å². The van der Waals surface area contributed by atoms with E-state index in [0.29, 0.717) is 23.3 Å². The Hall–Kier alpha value is -2.92. The van der Waals surface area contributed by atoms with Gasteiger partial charge in [0.05, 0.1) is 11.6 Å². The smallest absolute Gasteiger partial charge is 0.193 e. The van der Waals surface area contributed by atoms with Gasteiger partial charge in [0.15, 0.2) is 5.43 Å². The highest BCUT2D eigenvalue weighted by Gasteiger charge is 2.09. The lowest BCUT2D eigenvalue weighted by Gasteiger charge is -2.25. The molecule has 1 aliphatic rings. The lowest BCUT2D eigenvalue weighted by atomic mass is 10.1. The van der Waals surface area contributed by atoms with Crippen LogP contribution in [0.5, 0.6) is 0 Å². The molecule has 1 fully saturated rings. The van der Waals surface area contributed by atoms with Crippen molar-refractivity contribution in [2.24, 2.45) is 5.16 Å². The van der Waals surface area contributed by atoms with Crippen molar-refractivity contribution in [2.45, 2.75) is 19.3 Å². The maximum atomic E-state index is 12.3. The summed E-state index contributed by atoms with van der Waals surface area (Å²) in [6.45, 7) is 3.87. The van der Waals surface area contributed by atoms with Gasteiger partial charge in [-0.3, -0.25) is 9.69 Å². The van der Waals surface area contributed by atoms with E-state index in [9.17, 15) is 4.79 Å². The number of hydrogen-bond acceptors (Lipinski definition) is 5. The van der Waals surface area contributed by atoms with Gasteiger partial charge in [0.25, 0.3) is 0 Å². The zero-order valence-electron chi connectivity index (χ0n) is 15.8. The maximum absolute atomic E-state index is 12.3. The van der Waals surface area contributed by atoms with Crippen LogP contribution in [0.15, 0.2) is 69.0 Å². The second-order valence-electron chi connectivity index (χ2n) is 7.06. The molecule has 0 spiro atoms. The van der Waals surface area contributed by atoms with Gasteiger partial charge in [-0.2, -0.15) is 0 Å². The second kappa shape index (κ2) is 8.85. The minimum absolute atomic E-state index is 0.0374. The molecule has 1 aliphatic heterocycles. The third-order valence-electron chi connectivity index (χ3n) is 5.05. The van der Waals surface area contributed by atoms with E-state index in [-0.39, 0.29) is 5.43 Å². The molecule has 4 rings (SSSR count). The Balaban J connectivity index is 1.36. The quantitative estimate of drug-likeness (QED) is 0.366. The summed E-state index contributed by atoms with van der Waals surface area (Å²) in [7, 11) is 0. The lowest BCUT2D eigenvalue weighted by molar-refractivity contribution is 0.103. The molecule has 28 heavy (non-hydrogen) atoms. The van der Waals surface area contributed by atoms with Gasteiger partial charge in [0.1, 0.15) is 18.0 Å². The number of para-hydroxylation sites is 1. The van der Waals surface area contributed by atoms with Crippen molar-refractivity contribution in [2.75, 3.05) is 26.2 Å². The summed E-state index contributed by atoms with van der Waals surface area (Å²) in [5, 5.41) is 4.65. The summed E-state index contributed by atoms with van der Waals surface area (Å²) in [5.41, 5.74) is 2.35. The second-order valence-corrected chi connectivity index (χ2v) is 7.06. The topological polar surface area (TPSA) is 55.0 Å². The first kappa shape index (κ1) is 18.4. The van der Waals surface area contributed by atoms with Crippen LogP contribution in [0.4, 0.5) is 0 Å². The first-order valence-electron chi connectivity index (χ1n) is 9.81. The third kappa shape index (κ3) is 4.49. The lowest BCUT2D eigenvalue weighted by Crippen LogP contribution is -2.32. The van der Waals surface area contributed by atoms with Gasteiger partial charge in [-0.25, -0.2) is 0 Å². The van der Waals surface area contributed by atoms with Gasteiger partial charge in [-0.05, 0) is 43.6 Å². The number of benzene rings is 2. The molecule has 2 aromatic carbocycles. The zero-order chi connectivity index (χ0) is 19.2. The molecule has 0 atom stereocenters. The molecular weight excluding hydrogens is 352 g/mol. The molecule has 144 valence electrons. The first-order chi connectivity index (χ1) is 13.8. The van der Waals surface area contributed by atoms with Crippen LogP contribution in [0.3, 0.4) is 0 Å². The van der Waals surface area contributed by atoms with Crippen molar-refractivity contribution >= 4 is 17.2 Å². The largest absolute Gasteiger partial charge is 0.456 e. The van der Waals surface area contributed by atoms with Crippen molar-refractivity contribution in [1.82, 2.24) is 4.90 Å². The molecule has 0 N–H and O–H groups in total. The van der Waals surface area contributed by atoms with Crippen molar-refractivity contribution in [3.05, 3.63) is 70.4 Å². The molecule has 1 saturated heterocycles. The molecule has 5 nitrogen and oxygen atoms in total. The van der Waals surface area contributed by atoms with E-state index in [2.05, 4.69) is 10.1 Å². The summed E-state index contributed by atoms with van der Waals surface area (Å²) in [4.78, 5) is 20.1. The molecule has 1 aromatic heterocycles. The molecular formula is C23H24N2O3. The minimum atomic E-state index is -0.0374. The Bertz CT molecular complexity index is 1000. The average Bonchev–Trinajstić information content (AvgIpc) is 2.75. The number of nitrogens with zero attached hydrogens (tertiary/aromatic N) is 2. The number of fused-ring (bicyclic) bond motifs is 1. The van der Waals surface area contributed by atoms with Crippen LogP contribution >= 0.6 is 0 Å². The van der Waals surface area contributed by atoms with Gasteiger partial charge >= 0.3 is 0 Å². The summed E-state index contributed by atoms with van der Waals surface area (Å²) >= 11 is 0. The molecule has 3 aromatic rings. The summed E-state index contributed by atoms with van der Waals surface area (Å²) < 4.78 is 5.88. The summed E-state index contributed by atoms with van der Waals surface area (Å²) in [6, 6.07) is 16.5. The predicted molar refractivity (Wildman–Crippen MR) is 112 cm³/mol. The zero-order valence-corrected chi connectivity index (χ0v) is 15.8. The number of piperidine rings is 1. The number of likely N-dealkylation sites (tertiary alicyclic amines) is 1. The fraction of sp³-hybridized carbons (Fsp3) is 0.304. The van der Waals surface area contributed by atoms with Crippen LogP contribution in [-0.2, 0) is 4.84 Å². The Labute approximate surface area is 164 Å². The normalized spacial score (nSPS) is 15.3. The minimum Gasteiger partial charge on any atom is -0.456 e. The average molecular weight is 376 g/mol. The molecule has 0 bridgehead atoms. The fourth-order valence-electron chi connectivity index (χ4n) is 3.48. The van der Waals surface area contributed by atoms with Crippen LogP contribution in [-0.4, -0.2) is 37.4 Å². The Morgan fingerprint density at radius 3 is 2.64 bits per heavy atom.